The molecule has 0 aliphatic heterocycles. The minimum atomic E-state index is -0.569. The zero-order valence-corrected chi connectivity index (χ0v) is 17.5. The molecule has 0 radical (unpaired) electrons. The first kappa shape index (κ1) is 21.3. The first-order valence-electron chi connectivity index (χ1n) is 10.1. The van der Waals surface area contributed by atoms with Crippen LogP contribution in [0.5, 0.6) is 0 Å². The van der Waals surface area contributed by atoms with Gasteiger partial charge in [0.15, 0.2) is 6.61 Å². The normalized spacial score (nSPS) is 11.9. The van der Waals surface area contributed by atoms with Gasteiger partial charge in [0.1, 0.15) is 11.3 Å². The van der Waals surface area contributed by atoms with Crippen LogP contribution in [0.1, 0.15) is 36.7 Å². The fourth-order valence-electron chi connectivity index (χ4n) is 2.90. The Balaban J connectivity index is 1.78. The molecule has 0 aliphatic rings. The van der Waals surface area contributed by atoms with Gasteiger partial charge in [0.25, 0.3) is 5.91 Å². The molecule has 1 amide bonds. The maximum absolute atomic E-state index is 12.8. The van der Waals surface area contributed by atoms with Crippen LogP contribution in [0.4, 0.5) is 0 Å². The van der Waals surface area contributed by atoms with Gasteiger partial charge in [-0.1, -0.05) is 74.5 Å². The van der Waals surface area contributed by atoms with Crippen LogP contribution in [0.25, 0.3) is 11.3 Å². The van der Waals surface area contributed by atoms with E-state index in [1.165, 1.54) is 0 Å². The molecule has 0 unspecified atom stereocenters. The summed E-state index contributed by atoms with van der Waals surface area (Å²) >= 11 is 0. The third-order valence-corrected chi connectivity index (χ3v) is 4.94. The maximum Gasteiger partial charge on any atom is 0.342 e. The van der Waals surface area contributed by atoms with Crippen molar-refractivity contribution in [1.29, 1.82) is 0 Å². The van der Waals surface area contributed by atoms with E-state index in [4.69, 9.17) is 4.74 Å². The minimum Gasteiger partial charge on any atom is -0.452 e. The molecule has 6 nitrogen and oxygen atoms in total. The molecule has 0 aliphatic carbocycles. The molecular weight excluding hydrogens is 378 g/mol. The van der Waals surface area contributed by atoms with Crippen LogP contribution in [-0.4, -0.2) is 34.3 Å². The quantitative estimate of drug-likeness (QED) is 0.577. The van der Waals surface area contributed by atoms with E-state index in [1.807, 2.05) is 81.4 Å². The summed E-state index contributed by atoms with van der Waals surface area (Å²) in [5.41, 5.74) is 2.75. The molecule has 3 rings (SSSR count). The molecular formula is C24H27N3O3. The molecule has 0 spiro atoms. The molecule has 2 aromatic carbocycles. The number of nitrogens with one attached hydrogen (secondary N) is 1. The van der Waals surface area contributed by atoms with Crippen molar-refractivity contribution in [2.45, 2.75) is 33.4 Å². The van der Waals surface area contributed by atoms with Gasteiger partial charge in [-0.05, 0) is 18.4 Å². The molecule has 6 heteroatoms. The Labute approximate surface area is 176 Å². The van der Waals surface area contributed by atoms with Gasteiger partial charge in [0, 0.05) is 17.8 Å². The highest BCUT2D eigenvalue weighted by Crippen LogP contribution is 2.23. The predicted molar refractivity (Wildman–Crippen MR) is 116 cm³/mol. The molecule has 0 saturated carbocycles. The number of carbonyl (C=O) groups is 2. The van der Waals surface area contributed by atoms with Gasteiger partial charge in [-0.25, -0.2) is 4.79 Å². The third-order valence-electron chi connectivity index (χ3n) is 4.94. The lowest BCUT2D eigenvalue weighted by atomic mass is 10.1. The number of rotatable bonds is 8. The van der Waals surface area contributed by atoms with Crippen LogP contribution < -0.4 is 5.32 Å². The highest BCUT2D eigenvalue weighted by Gasteiger charge is 2.21. The van der Waals surface area contributed by atoms with Gasteiger partial charge in [0.2, 0.25) is 0 Å². The summed E-state index contributed by atoms with van der Waals surface area (Å²) in [4.78, 5) is 24.9. The average molecular weight is 405 g/mol. The average Bonchev–Trinajstić information content (AvgIpc) is 3.17. The van der Waals surface area contributed by atoms with Gasteiger partial charge in [-0.3, -0.25) is 9.48 Å². The van der Waals surface area contributed by atoms with Gasteiger partial charge in [-0.2, -0.15) is 5.10 Å². The SMILES string of the molecule is CC(C)[C@H](C)NC(=O)COC(=O)c1cn(Cc2ccccc2)nc1-c1ccccc1. The molecule has 1 aromatic heterocycles. The van der Waals surface area contributed by atoms with Gasteiger partial charge in [-0.15, -0.1) is 0 Å². The number of carbonyl (C=O) groups excluding carboxylic acids is 2. The summed E-state index contributed by atoms with van der Waals surface area (Å²) in [6.07, 6.45) is 1.67. The number of nitrogens with zero attached hydrogens (tertiary/aromatic N) is 2. The Morgan fingerprint density at radius 1 is 1.00 bits per heavy atom. The van der Waals surface area contributed by atoms with Crippen LogP contribution in [0.15, 0.2) is 66.9 Å². The number of hydrogen-bond donors (Lipinski definition) is 1. The van der Waals surface area contributed by atoms with E-state index in [2.05, 4.69) is 10.4 Å². The summed E-state index contributed by atoms with van der Waals surface area (Å²) in [7, 11) is 0. The summed E-state index contributed by atoms with van der Waals surface area (Å²) in [6.45, 7) is 6.16. The topological polar surface area (TPSA) is 73.2 Å². The number of benzene rings is 2. The number of esters is 1. The van der Waals surface area contributed by atoms with Crippen LogP contribution in [0.3, 0.4) is 0 Å². The second-order valence-electron chi connectivity index (χ2n) is 7.62. The van der Waals surface area contributed by atoms with Gasteiger partial charge >= 0.3 is 5.97 Å². The zero-order chi connectivity index (χ0) is 21.5. The molecule has 3 aromatic rings. The largest absolute Gasteiger partial charge is 0.452 e. The van der Waals surface area contributed by atoms with Crippen molar-refractivity contribution >= 4 is 11.9 Å². The van der Waals surface area contributed by atoms with Crippen molar-refractivity contribution < 1.29 is 14.3 Å². The monoisotopic (exact) mass is 405 g/mol. The van der Waals surface area contributed by atoms with E-state index < -0.39 is 5.97 Å². The maximum atomic E-state index is 12.8. The highest BCUT2D eigenvalue weighted by molar-refractivity contribution is 5.97. The van der Waals surface area contributed by atoms with Crippen molar-refractivity contribution in [3.8, 4) is 11.3 Å². The molecule has 1 atom stereocenters. The zero-order valence-electron chi connectivity index (χ0n) is 17.5. The summed E-state index contributed by atoms with van der Waals surface area (Å²) in [5.74, 6) is -0.589. The number of aromatic nitrogens is 2. The molecule has 1 N–H and O–H groups in total. The lowest BCUT2D eigenvalue weighted by Gasteiger charge is -2.17. The Morgan fingerprint density at radius 2 is 1.63 bits per heavy atom. The van der Waals surface area contributed by atoms with E-state index in [0.717, 1.165) is 11.1 Å². The van der Waals surface area contributed by atoms with Crippen LogP contribution in [-0.2, 0) is 16.1 Å². The van der Waals surface area contributed by atoms with E-state index >= 15 is 0 Å². The number of ether oxygens (including phenoxy) is 1. The second kappa shape index (κ2) is 9.87. The lowest BCUT2D eigenvalue weighted by Crippen LogP contribution is -2.38. The molecule has 0 bridgehead atoms. The standard InChI is InChI=1S/C24H27N3O3/c1-17(2)18(3)25-22(28)16-30-24(29)21-15-27(14-19-10-6-4-7-11-19)26-23(21)20-12-8-5-9-13-20/h4-13,15,17-18H,14,16H2,1-3H3,(H,25,28)/t18-/m0/s1. The van der Waals surface area contributed by atoms with Crippen molar-refractivity contribution in [1.82, 2.24) is 15.1 Å². The first-order chi connectivity index (χ1) is 14.4. The third kappa shape index (κ3) is 5.56. The van der Waals surface area contributed by atoms with Crippen LogP contribution in [0, 0.1) is 5.92 Å². The van der Waals surface area contributed by atoms with Crippen LogP contribution in [0.2, 0.25) is 0 Å². The smallest absolute Gasteiger partial charge is 0.342 e. The van der Waals surface area contributed by atoms with Gasteiger partial charge < -0.3 is 10.1 Å². The minimum absolute atomic E-state index is 0.00436. The Hall–Kier alpha value is -3.41. The van der Waals surface area contributed by atoms with E-state index in [-0.39, 0.29) is 18.6 Å². The molecule has 30 heavy (non-hydrogen) atoms. The van der Waals surface area contributed by atoms with Gasteiger partial charge in [0.05, 0.1) is 6.54 Å². The van der Waals surface area contributed by atoms with Crippen molar-refractivity contribution in [2.24, 2.45) is 5.92 Å². The summed E-state index contributed by atoms with van der Waals surface area (Å²) < 4.78 is 7.01. The van der Waals surface area contributed by atoms with Crippen molar-refractivity contribution in [2.75, 3.05) is 6.61 Å². The molecule has 1 heterocycles. The predicted octanol–water partition coefficient (Wildman–Crippen LogP) is 3.92. The summed E-state index contributed by atoms with van der Waals surface area (Å²) in [5, 5.41) is 7.44. The van der Waals surface area contributed by atoms with Crippen molar-refractivity contribution in [3.63, 3.8) is 0 Å². The molecule has 0 saturated heterocycles. The van der Waals surface area contributed by atoms with Crippen molar-refractivity contribution in [3.05, 3.63) is 78.0 Å². The fraction of sp³-hybridized carbons (Fsp3) is 0.292. The Kier molecular flexibility index (Phi) is 7.01. The Bertz CT molecular complexity index is 981. The fourth-order valence-corrected chi connectivity index (χ4v) is 2.90. The van der Waals surface area contributed by atoms with Crippen LogP contribution >= 0.6 is 0 Å². The Morgan fingerprint density at radius 3 is 2.27 bits per heavy atom. The second-order valence-corrected chi connectivity index (χ2v) is 7.62. The van der Waals surface area contributed by atoms with E-state index in [0.29, 0.717) is 23.7 Å². The first-order valence-corrected chi connectivity index (χ1v) is 10.1. The summed E-state index contributed by atoms with van der Waals surface area (Å²) in [6, 6.07) is 19.4. The molecule has 156 valence electrons. The lowest BCUT2D eigenvalue weighted by molar-refractivity contribution is -0.125. The number of amides is 1. The molecule has 0 fully saturated rings. The van der Waals surface area contributed by atoms with E-state index in [9.17, 15) is 9.59 Å². The highest BCUT2D eigenvalue weighted by atomic mass is 16.5. The number of hydrogen-bond acceptors (Lipinski definition) is 4. The van der Waals surface area contributed by atoms with E-state index in [1.54, 1.807) is 10.9 Å².